The number of aliphatic carboxylic acids is 1. The number of carboxylic acid groups (broad SMARTS) is 1. The predicted octanol–water partition coefficient (Wildman–Crippen LogP) is 3.45. The molecule has 0 saturated heterocycles. The van der Waals surface area contributed by atoms with Gasteiger partial charge >= 0.3 is 12.1 Å². The molecule has 4 rings (SSSR count). The van der Waals surface area contributed by atoms with Gasteiger partial charge in [0.2, 0.25) is 11.2 Å². The van der Waals surface area contributed by atoms with Crippen molar-refractivity contribution in [1.29, 1.82) is 0 Å². The normalized spacial score (nSPS) is 12.9. The predicted molar refractivity (Wildman–Crippen MR) is 120 cm³/mol. The van der Waals surface area contributed by atoms with Crippen molar-refractivity contribution in [2.45, 2.75) is 18.4 Å². The molecule has 1 unspecified atom stereocenters. The highest BCUT2D eigenvalue weighted by molar-refractivity contribution is 6.28. The Labute approximate surface area is 193 Å². The van der Waals surface area contributed by atoms with Gasteiger partial charge in [0, 0.05) is 12.1 Å². The molecule has 0 aliphatic heterocycles. The van der Waals surface area contributed by atoms with Crippen molar-refractivity contribution in [3.63, 3.8) is 0 Å². The van der Waals surface area contributed by atoms with Crippen molar-refractivity contribution in [2.75, 3.05) is 11.9 Å². The van der Waals surface area contributed by atoms with E-state index in [1.807, 2.05) is 48.5 Å². The number of ether oxygens (including phenoxy) is 1. The van der Waals surface area contributed by atoms with Crippen LogP contribution in [0.1, 0.15) is 23.5 Å². The average Bonchev–Trinajstić information content (AvgIpc) is 3.11. The molecule has 1 heterocycles. The zero-order valence-corrected chi connectivity index (χ0v) is 18.0. The van der Waals surface area contributed by atoms with E-state index in [2.05, 4.69) is 20.6 Å². The molecule has 9 nitrogen and oxygen atoms in total. The maximum atomic E-state index is 12.5. The van der Waals surface area contributed by atoms with Gasteiger partial charge < -0.3 is 20.5 Å². The van der Waals surface area contributed by atoms with Gasteiger partial charge in [-0.2, -0.15) is 0 Å². The number of fused-ring (bicyclic) bond motifs is 3. The van der Waals surface area contributed by atoms with Crippen LogP contribution in [0.4, 0.5) is 10.6 Å². The molecule has 1 aliphatic rings. The van der Waals surface area contributed by atoms with E-state index in [0.717, 1.165) is 22.3 Å². The molecule has 1 aromatic heterocycles. The number of nitrogens with one attached hydrogen (secondary N) is 2. The van der Waals surface area contributed by atoms with E-state index >= 15 is 0 Å². The van der Waals surface area contributed by atoms with Crippen LogP contribution in [0.15, 0.2) is 60.8 Å². The van der Waals surface area contributed by atoms with Crippen LogP contribution in [-0.4, -0.2) is 45.7 Å². The van der Waals surface area contributed by atoms with Gasteiger partial charge in [-0.25, -0.2) is 14.8 Å². The van der Waals surface area contributed by atoms with Gasteiger partial charge in [-0.3, -0.25) is 9.59 Å². The van der Waals surface area contributed by atoms with Crippen LogP contribution in [0.5, 0.6) is 0 Å². The number of halogens is 1. The van der Waals surface area contributed by atoms with Crippen LogP contribution in [0, 0.1) is 0 Å². The van der Waals surface area contributed by atoms with E-state index in [0.29, 0.717) is 0 Å². The van der Waals surface area contributed by atoms with Crippen molar-refractivity contribution in [3.8, 4) is 11.1 Å². The minimum absolute atomic E-state index is 0.0305. The largest absolute Gasteiger partial charge is 0.481 e. The first-order chi connectivity index (χ1) is 15.9. The minimum atomic E-state index is -1.38. The van der Waals surface area contributed by atoms with Gasteiger partial charge in [-0.15, -0.1) is 0 Å². The molecule has 0 spiro atoms. The molecule has 1 aliphatic carbocycles. The summed E-state index contributed by atoms with van der Waals surface area (Å²) in [5.74, 6) is -2.14. The highest BCUT2D eigenvalue weighted by Crippen LogP contribution is 2.44. The third-order valence-electron chi connectivity index (χ3n) is 5.21. The van der Waals surface area contributed by atoms with Gasteiger partial charge in [0.15, 0.2) is 0 Å². The fourth-order valence-corrected chi connectivity index (χ4v) is 3.93. The molecular formula is C23H19ClN4O5. The number of carbonyl (C=O) groups excluding carboxylic acids is 2. The Morgan fingerprint density at radius 1 is 1.03 bits per heavy atom. The summed E-state index contributed by atoms with van der Waals surface area (Å²) < 4.78 is 5.40. The van der Waals surface area contributed by atoms with E-state index in [4.69, 9.17) is 21.4 Å². The Kier molecular flexibility index (Phi) is 6.50. The van der Waals surface area contributed by atoms with E-state index in [1.54, 1.807) is 0 Å². The molecule has 0 fully saturated rings. The van der Waals surface area contributed by atoms with Crippen LogP contribution in [0.2, 0.25) is 5.28 Å². The number of hydrogen-bond donors (Lipinski definition) is 3. The van der Waals surface area contributed by atoms with E-state index < -0.39 is 30.4 Å². The van der Waals surface area contributed by atoms with Crippen molar-refractivity contribution in [2.24, 2.45) is 0 Å². The summed E-state index contributed by atoms with van der Waals surface area (Å²) in [6.07, 6.45) is -0.218. The molecule has 2 aromatic carbocycles. The second kappa shape index (κ2) is 9.66. The number of carboxylic acids is 1. The zero-order chi connectivity index (χ0) is 23.4. The molecule has 2 amide bonds. The van der Waals surface area contributed by atoms with Gasteiger partial charge in [-0.1, -0.05) is 48.5 Å². The Hall–Kier alpha value is -3.98. The van der Waals surface area contributed by atoms with Gasteiger partial charge in [0.05, 0.1) is 6.42 Å². The summed E-state index contributed by atoms with van der Waals surface area (Å²) in [5.41, 5.74) is 4.22. The van der Waals surface area contributed by atoms with Crippen LogP contribution in [-0.2, 0) is 14.3 Å². The Bertz CT molecular complexity index is 1170. The summed E-state index contributed by atoms with van der Waals surface area (Å²) in [5, 5.41) is 13.8. The van der Waals surface area contributed by atoms with Gasteiger partial charge in [0.25, 0.3) is 0 Å². The molecule has 3 N–H and O–H groups in total. The summed E-state index contributed by atoms with van der Waals surface area (Å²) in [4.78, 5) is 43.8. The Morgan fingerprint density at radius 3 is 2.27 bits per heavy atom. The Morgan fingerprint density at radius 2 is 1.67 bits per heavy atom. The quantitative estimate of drug-likeness (QED) is 0.454. The highest BCUT2D eigenvalue weighted by Gasteiger charge is 2.30. The minimum Gasteiger partial charge on any atom is -0.481 e. The SMILES string of the molecule is O=C(O)CC(NC(=O)OCC1c2ccccc2-c2ccccc21)C(=O)Nc1ccnc(Cl)n1. The number of anilines is 1. The van der Waals surface area contributed by atoms with Gasteiger partial charge in [0.1, 0.15) is 18.5 Å². The first-order valence-electron chi connectivity index (χ1n) is 10.0. The van der Waals surface area contributed by atoms with Crippen LogP contribution >= 0.6 is 11.6 Å². The summed E-state index contributed by atoms with van der Waals surface area (Å²) >= 11 is 5.69. The molecule has 168 valence electrons. The zero-order valence-electron chi connectivity index (χ0n) is 17.2. The maximum Gasteiger partial charge on any atom is 0.407 e. The van der Waals surface area contributed by atoms with Crippen LogP contribution in [0.3, 0.4) is 0 Å². The first-order valence-corrected chi connectivity index (χ1v) is 10.4. The number of benzene rings is 2. The molecular weight excluding hydrogens is 448 g/mol. The molecule has 0 saturated carbocycles. The number of nitrogens with zero attached hydrogens (tertiary/aromatic N) is 2. The lowest BCUT2D eigenvalue weighted by atomic mass is 9.98. The molecule has 3 aromatic rings. The second-order valence-corrected chi connectivity index (χ2v) is 7.66. The fourth-order valence-electron chi connectivity index (χ4n) is 3.78. The number of rotatable bonds is 7. The van der Waals surface area contributed by atoms with Crippen LogP contribution in [0.25, 0.3) is 11.1 Å². The Balaban J connectivity index is 1.43. The lowest BCUT2D eigenvalue weighted by molar-refractivity contribution is -0.139. The number of aromatic nitrogens is 2. The lowest BCUT2D eigenvalue weighted by Gasteiger charge is -2.18. The molecule has 1 atom stereocenters. The number of amides is 2. The molecule has 0 bridgehead atoms. The fraction of sp³-hybridized carbons (Fsp3) is 0.174. The summed E-state index contributed by atoms with van der Waals surface area (Å²) in [7, 11) is 0. The molecule has 0 radical (unpaired) electrons. The van der Waals surface area contributed by atoms with Gasteiger partial charge in [-0.05, 0) is 39.9 Å². The molecule has 10 heteroatoms. The standard InChI is InChI=1S/C23H19ClN4O5/c24-22-25-10-9-19(28-22)27-21(31)18(11-20(29)30)26-23(32)33-12-17-15-7-3-1-5-13(15)14-6-2-4-8-16(14)17/h1-10,17-18H,11-12H2,(H,26,32)(H,29,30)(H,25,27,28,31). The van der Waals surface area contributed by atoms with Crippen molar-refractivity contribution in [3.05, 3.63) is 77.2 Å². The lowest BCUT2D eigenvalue weighted by Crippen LogP contribution is -2.45. The summed E-state index contributed by atoms with van der Waals surface area (Å²) in [6.45, 7) is 0.0305. The van der Waals surface area contributed by atoms with Crippen molar-refractivity contribution in [1.82, 2.24) is 15.3 Å². The monoisotopic (exact) mass is 466 g/mol. The van der Waals surface area contributed by atoms with E-state index in [-0.39, 0.29) is 23.6 Å². The van der Waals surface area contributed by atoms with Crippen LogP contribution < -0.4 is 10.6 Å². The first kappa shape index (κ1) is 22.2. The van der Waals surface area contributed by atoms with E-state index in [1.165, 1.54) is 12.3 Å². The van der Waals surface area contributed by atoms with Crippen molar-refractivity contribution >= 4 is 35.4 Å². The van der Waals surface area contributed by atoms with E-state index in [9.17, 15) is 14.4 Å². The third kappa shape index (κ3) is 5.09. The number of alkyl carbamates (subject to hydrolysis) is 1. The average molecular weight is 467 g/mol. The summed E-state index contributed by atoms with van der Waals surface area (Å²) in [6, 6.07) is 15.7. The highest BCUT2D eigenvalue weighted by atomic mass is 35.5. The maximum absolute atomic E-state index is 12.5. The second-order valence-electron chi connectivity index (χ2n) is 7.32. The number of hydrogen-bond acceptors (Lipinski definition) is 6. The van der Waals surface area contributed by atoms with Crippen molar-refractivity contribution < 1.29 is 24.2 Å². The number of carbonyl (C=O) groups is 3. The third-order valence-corrected chi connectivity index (χ3v) is 5.39. The smallest absolute Gasteiger partial charge is 0.407 e. The molecule has 33 heavy (non-hydrogen) atoms. The topological polar surface area (TPSA) is 131 Å².